The summed E-state index contributed by atoms with van der Waals surface area (Å²) in [6.45, 7) is 1.09. The molecule has 4 bridgehead atoms. The van der Waals surface area contributed by atoms with Crippen molar-refractivity contribution in [2.24, 2.45) is 23.2 Å². The second kappa shape index (κ2) is 4.47. The fraction of sp³-hybridized carbons (Fsp3) is 0.867. The summed E-state index contributed by atoms with van der Waals surface area (Å²) in [6, 6.07) is 0. The van der Waals surface area contributed by atoms with Gasteiger partial charge < -0.3 is 0 Å². The highest BCUT2D eigenvalue weighted by Crippen LogP contribution is 2.60. The van der Waals surface area contributed by atoms with Crippen LogP contribution >= 0.6 is 11.6 Å². The van der Waals surface area contributed by atoms with Gasteiger partial charge in [0.1, 0.15) is 0 Å². The molecule has 0 aromatic carbocycles. The van der Waals surface area contributed by atoms with Crippen LogP contribution in [0.15, 0.2) is 6.20 Å². The summed E-state index contributed by atoms with van der Waals surface area (Å²) in [6.07, 6.45) is 11.8. The fourth-order valence-corrected chi connectivity index (χ4v) is 5.65. The zero-order valence-corrected chi connectivity index (χ0v) is 12.1. The maximum absolute atomic E-state index is 5.77. The summed E-state index contributed by atoms with van der Waals surface area (Å²) < 4.78 is 2.09. The SMILES string of the molecule is ClCCc1cn(CC23CC4CC(CC(C4)C2)C3)nn1. The second-order valence-corrected chi connectivity index (χ2v) is 7.64. The van der Waals surface area contributed by atoms with Crippen LogP contribution in [0.2, 0.25) is 0 Å². The molecule has 0 atom stereocenters. The number of hydrogen-bond acceptors (Lipinski definition) is 2. The third-order valence-electron chi connectivity index (χ3n) is 5.60. The summed E-state index contributed by atoms with van der Waals surface area (Å²) in [5.74, 6) is 3.67. The van der Waals surface area contributed by atoms with Crippen LogP contribution in [0.5, 0.6) is 0 Å². The molecule has 4 saturated carbocycles. The molecule has 0 radical (unpaired) electrons. The fourth-order valence-electron chi connectivity index (χ4n) is 5.45. The number of aromatic nitrogens is 3. The molecule has 1 heterocycles. The van der Waals surface area contributed by atoms with Gasteiger partial charge in [-0.05, 0) is 61.7 Å². The van der Waals surface area contributed by atoms with E-state index in [0.717, 1.165) is 36.4 Å². The Morgan fingerprint density at radius 3 is 2.37 bits per heavy atom. The standard InChI is InChI=1S/C15H22ClN3/c16-2-1-14-9-19(18-17-14)10-15-6-11-3-12(7-15)5-13(4-11)8-15/h9,11-13H,1-8,10H2. The first kappa shape index (κ1) is 12.2. The van der Waals surface area contributed by atoms with Crippen LogP contribution in [-0.2, 0) is 13.0 Å². The molecule has 1 aromatic rings. The van der Waals surface area contributed by atoms with E-state index in [1.807, 2.05) is 0 Å². The van der Waals surface area contributed by atoms with Crippen molar-refractivity contribution in [3.8, 4) is 0 Å². The Hall–Kier alpha value is -0.570. The maximum atomic E-state index is 5.77. The highest BCUT2D eigenvalue weighted by Gasteiger charge is 2.51. The van der Waals surface area contributed by atoms with Crippen molar-refractivity contribution < 1.29 is 0 Å². The van der Waals surface area contributed by atoms with Crippen LogP contribution in [0, 0.1) is 23.2 Å². The Kier molecular flexibility index (Phi) is 2.87. The van der Waals surface area contributed by atoms with Crippen LogP contribution in [-0.4, -0.2) is 20.9 Å². The van der Waals surface area contributed by atoms with Gasteiger partial charge in [-0.15, -0.1) is 16.7 Å². The Bertz CT molecular complexity index is 432. The molecule has 0 spiro atoms. The lowest BCUT2D eigenvalue weighted by molar-refractivity contribution is -0.0637. The zero-order chi connectivity index (χ0) is 12.9. The molecule has 1 aromatic heterocycles. The van der Waals surface area contributed by atoms with Crippen molar-refractivity contribution in [1.82, 2.24) is 15.0 Å². The largest absolute Gasteiger partial charge is 0.252 e. The van der Waals surface area contributed by atoms with Gasteiger partial charge in [-0.25, -0.2) is 0 Å². The molecule has 104 valence electrons. The van der Waals surface area contributed by atoms with Gasteiger partial charge >= 0.3 is 0 Å². The molecule has 0 unspecified atom stereocenters. The molecule has 0 amide bonds. The number of rotatable bonds is 4. The molecule has 5 rings (SSSR count). The van der Waals surface area contributed by atoms with Crippen molar-refractivity contribution >= 4 is 11.6 Å². The molecule has 0 N–H and O–H groups in total. The predicted octanol–water partition coefficient (Wildman–Crippen LogP) is 3.28. The van der Waals surface area contributed by atoms with E-state index in [2.05, 4.69) is 21.2 Å². The first-order valence-corrected chi connectivity index (χ1v) is 8.23. The van der Waals surface area contributed by atoms with Crippen LogP contribution in [0.25, 0.3) is 0 Å². The van der Waals surface area contributed by atoms with Crippen molar-refractivity contribution in [2.75, 3.05) is 5.88 Å². The molecule has 4 aliphatic rings. The van der Waals surface area contributed by atoms with Gasteiger partial charge in [0, 0.05) is 25.0 Å². The summed E-state index contributed by atoms with van der Waals surface area (Å²) in [5, 5.41) is 8.55. The number of nitrogens with zero attached hydrogens (tertiary/aromatic N) is 3. The quantitative estimate of drug-likeness (QED) is 0.792. The molecular weight excluding hydrogens is 258 g/mol. The lowest BCUT2D eigenvalue weighted by Crippen LogP contribution is -2.48. The average molecular weight is 280 g/mol. The first-order chi connectivity index (χ1) is 9.25. The highest BCUT2D eigenvalue weighted by atomic mass is 35.5. The second-order valence-electron chi connectivity index (χ2n) is 7.26. The molecular formula is C15H22ClN3. The Morgan fingerprint density at radius 2 is 1.79 bits per heavy atom. The Balaban J connectivity index is 1.52. The lowest BCUT2D eigenvalue weighted by atomic mass is 9.49. The van der Waals surface area contributed by atoms with Gasteiger partial charge in [-0.3, -0.25) is 4.68 Å². The molecule has 4 fully saturated rings. The zero-order valence-electron chi connectivity index (χ0n) is 11.4. The summed E-state index contributed by atoms with van der Waals surface area (Å²) in [5.41, 5.74) is 1.58. The van der Waals surface area contributed by atoms with Crippen molar-refractivity contribution in [3.05, 3.63) is 11.9 Å². The van der Waals surface area contributed by atoms with Crippen LogP contribution < -0.4 is 0 Å². The minimum absolute atomic E-state index is 0.542. The third-order valence-corrected chi connectivity index (χ3v) is 5.79. The van der Waals surface area contributed by atoms with Gasteiger partial charge in [0.15, 0.2) is 0 Å². The Morgan fingerprint density at radius 1 is 1.16 bits per heavy atom. The maximum Gasteiger partial charge on any atom is 0.0839 e. The van der Waals surface area contributed by atoms with Crippen LogP contribution in [0.3, 0.4) is 0 Å². The minimum atomic E-state index is 0.542. The molecule has 19 heavy (non-hydrogen) atoms. The third kappa shape index (κ3) is 2.20. The van der Waals surface area contributed by atoms with E-state index in [4.69, 9.17) is 11.6 Å². The van der Waals surface area contributed by atoms with E-state index < -0.39 is 0 Å². The average Bonchev–Trinajstić information content (AvgIpc) is 2.74. The minimum Gasteiger partial charge on any atom is -0.252 e. The Labute approximate surface area is 119 Å². The topological polar surface area (TPSA) is 30.7 Å². The molecule has 4 aliphatic carbocycles. The predicted molar refractivity (Wildman–Crippen MR) is 75.1 cm³/mol. The van der Waals surface area contributed by atoms with Crippen molar-refractivity contribution in [3.63, 3.8) is 0 Å². The van der Waals surface area contributed by atoms with Crippen LogP contribution in [0.4, 0.5) is 0 Å². The molecule has 3 nitrogen and oxygen atoms in total. The van der Waals surface area contributed by atoms with E-state index in [0.29, 0.717) is 11.3 Å². The van der Waals surface area contributed by atoms with Crippen molar-refractivity contribution in [1.29, 1.82) is 0 Å². The number of aryl methyl sites for hydroxylation is 1. The van der Waals surface area contributed by atoms with E-state index in [9.17, 15) is 0 Å². The van der Waals surface area contributed by atoms with Crippen LogP contribution in [0.1, 0.15) is 44.2 Å². The summed E-state index contributed by atoms with van der Waals surface area (Å²) in [7, 11) is 0. The molecule has 0 aliphatic heterocycles. The van der Waals surface area contributed by atoms with Gasteiger partial charge in [-0.1, -0.05) is 5.21 Å². The number of halogens is 1. The normalized spacial score (nSPS) is 39.9. The van der Waals surface area contributed by atoms with E-state index in [1.165, 1.54) is 38.5 Å². The highest BCUT2D eigenvalue weighted by molar-refractivity contribution is 6.17. The number of alkyl halides is 1. The van der Waals surface area contributed by atoms with Crippen molar-refractivity contribution in [2.45, 2.75) is 51.5 Å². The molecule has 4 heteroatoms. The lowest BCUT2D eigenvalue weighted by Gasteiger charge is -2.56. The van der Waals surface area contributed by atoms with Gasteiger partial charge in [0.05, 0.1) is 5.69 Å². The smallest absolute Gasteiger partial charge is 0.0839 e. The molecule has 0 saturated heterocycles. The van der Waals surface area contributed by atoms with Gasteiger partial charge in [-0.2, -0.15) is 0 Å². The van der Waals surface area contributed by atoms with Gasteiger partial charge in [0.25, 0.3) is 0 Å². The van der Waals surface area contributed by atoms with Gasteiger partial charge in [0.2, 0.25) is 0 Å². The first-order valence-electron chi connectivity index (χ1n) is 7.70. The van der Waals surface area contributed by atoms with E-state index >= 15 is 0 Å². The monoisotopic (exact) mass is 279 g/mol. The van der Waals surface area contributed by atoms with E-state index in [1.54, 1.807) is 0 Å². The number of hydrogen-bond donors (Lipinski definition) is 0. The summed E-state index contributed by atoms with van der Waals surface area (Å²) in [4.78, 5) is 0. The summed E-state index contributed by atoms with van der Waals surface area (Å²) >= 11 is 5.77. The van der Waals surface area contributed by atoms with E-state index in [-0.39, 0.29) is 0 Å².